The number of hydrogen-bond acceptors (Lipinski definition) is 6. The minimum atomic E-state index is -0.840. The quantitative estimate of drug-likeness (QED) is 0.287. The maximum Gasteiger partial charge on any atom is 0.300 e. The highest BCUT2D eigenvalue weighted by molar-refractivity contribution is 6.51. The third-order valence-electron chi connectivity index (χ3n) is 6.32. The van der Waals surface area contributed by atoms with Crippen LogP contribution < -0.4 is 19.1 Å². The van der Waals surface area contributed by atoms with Gasteiger partial charge in [-0.2, -0.15) is 0 Å². The van der Waals surface area contributed by atoms with Crippen LogP contribution in [0, 0.1) is 0 Å². The number of Topliss-reactive ketones (excluding diaryl/α,β-unsaturated/α-hetero) is 1. The zero-order valence-electron chi connectivity index (χ0n) is 20.2. The van der Waals surface area contributed by atoms with E-state index in [1.807, 2.05) is 38.1 Å². The van der Waals surface area contributed by atoms with Crippen LogP contribution in [0.3, 0.4) is 0 Å². The standard InChI is InChI=1S/C29H27NO6/c1-3-34-22-11-9-21(10-12-22)30-26(19-6-5-7-23(17-19)35-4-2)25(28(32)29(30)33)27(31)20-8-13-24-18(16-20)14-15-36-24/h5-13,16-17,26,31H,3-4,14-15H2,1-2H3/b27-25-. The molecule has 0 radical (unpaired) electrons. The van der Waals surface area contributed by atoms with Crippen LogP contribution in [0.4, 0.5) is 5.69 Å². The number of nitrogens with zero attached hydrogens (tertiary/aromatic N) is 1. The Morgan fingerprint density at radius 1 is 0.972 bits per heavy atom. The summed E-state index contributed by atoms with van der Waals surface area (Å²) in [6.07, 6.45) is 0.719. The van der Waals surface area contributed by atoms with E-state index in [9.17, 15) is 14.7 Å². The number of carbonyl (C=O) groups excluding carboxylic acids is 2. The van der Waals surface area contributed by atoms with E-state index in [-0.39, 0.29) is 11.3 Å². The lowest BCUT2D eigenvalue weighted by molar-refractivity contribution is -0.132. The first kappa shape index (κ1) is 23.5. The topological polar surface area (TPSA) is 85.3 Å². The number of benzene rings is 3. The van der Waals surface area contributed by atoms with Crippen LogP contribution in [-0.2, 0) is 16.0 Å². The molecule has 36 heavy (non-hydrogen) atoms. The van der Waals surface area contributed by atoms with E-state index in [0.29, 0.717) is 48.1 Å². The van der Waals surface area contributed by atoms with Gasteiger partial charge in [0.2, 0.25) is 0 Å². The van der Waals surface area contributed by atoms with Gasteiger partial charge in [-0.05, 0) is 79.6 Å². The molecule has 5 rings (SSSR count). The summed E-state index contributed by atoms with van der Waals surface area (Å²) in [6, 6.07) is 18.7. The molecule has 0 saturated carbocycles. The van der Waals surface area contributed by atoms with Crippen molar-refractivity contribution in [2.45, 2.75) is 26.3 Å². The number of fused-ring (bicyclic) bond motifs is 1. The van der Waals surface area contributed by atoms with Gasteiger partial charge >= 0.3 is 0 Å². The number of aliphatic hydroxyl groups is 1. The van der Waals surface area contributed by atoms with Gasteiger partial charge in [-0.3, -0.25) is 14.5 Å². The van der Waals surface area contributed by atoms with Crippen molar-refractivity contribution in [1.82, 2.24) is 0 Å². The van der Waals surface area contributed by atoms with Gasteiger partial charge in [0.1, 0.15) is 23.0 Å². The normalized spacial score (nSPS) is 18.2. The summed E-state index contributed by atoms with van der Waals surface area (Å²) < 4.78 is 16.8. The lowest BCUT2D eigenvalue weighted by Crippen LogP contribution is -2.29. The van der Waals surface area contributed by atoms with Crippen LogP contribution in [0.15, 0.2) is 72.3 Å². The lowest BCUT2D eigenvalue weighted by atomic mass is 9.94. The average molecular weight is 486 g/mol. The van der Waals surface area contributed by atoms with E-state index in [0.717, 1.165) is 17.7 Å². The zero-order chi connectivity index (χ0) is 25.2. The van der Waals surface area contributed by atoms with Gasteiger partial charge in [0.15, 0.2) is 0 Å². The molecule has 1 N–H and O–H groups in total. The van der Waals surface area contributed by atoms with Gasteiger partial charge < -0.3 is 19.3 Å². The highest BCUT2D eigenvalue weighted by atomic mass is 16.5. The molecule has 7 heteroatoms. The molecule has 2 aliphatic heterocycles. The number of carbonyl (C=O) groups is 2. The zero-order valence-corrected chi connectivity index (χ0v) is 20.2. The summed E-state index contributed by atoms with van der Waals surface area (Å²) in [7, 11) is 0. The maximum atomic E-state index is 13.4. The maximum absolute atomic E-state index is 13.4. The van der Waals surface area contributed by atoms with E-state index in [1.54, 1.807) is 42.5 Å². The number of ketones is 1. The fourth-order valence-corrected chi connectivity index (χ4v) is 4.71. The molecule has 1 unspecified atom stereocenters. The number of aliphatic hydroxyl groups excluding tert-OH is 1. The Kier molecular flexibility index (Phi) is 6.38. The largest absolute Gasteiger partial charge is 0.507 e. The first-order chi connectivity index (χ1) is 17.5. The van der Waals surface area contributed by atoms with Crippen molar-refractivity contribution in [3.8, 4) is 17.2 Å². The Morgan fingerprint density at radius 2 is 1.72 bits per heavy atom. The molecular formula is C29H27NO6. The molecule has 7 nitrogen and oxygen atoms in total. The molecule has 1 fully saturated rings. The van der Waals surface area contributed by atoms with Crippen molar-refractivity contribution < 1.29 is 28.9 Å². The van der Waals surface area contributed by atoms with Gasteiger partial charge in [-0.15, -0.1) is 0 Å². The number of rotatable bonds is 7. The van der Waals surface area contributed by atoms with Crippen LogP contribution in [-0.4, -0.2) is 36.6 Å². The third-order valence-corrected chi connectivity index (χ3v) is 6.32. The molecule has 0 aliphatic carbocycles. The first-order valence-electron chi connectivity index (χ1n) is 12.0. The summed E-state index contributed by atoms with van der Waals surface area (Å²) in [6.45, 7) is 5.34. The Bertz CT molecular complexity index is 1340. The molecule has 1 atom stereocenters. The lowest BCUT2D eigenvalue weighted by Gasteiger charge is -2.26. The molecule has 0 spiro atoms. The van der Waals surface area contributed by atoms with E-state index >= 15 is 0 Å². The molecular weight excluding hydrogens is 458 g/mol. The third kappa shape index (κ3) is 4.17. The van der Waals surface area contributed by atoms with Crippen molar-refractivity contribution in [2.24, 2.45) is 0 Å². The molecule has 0 aromatic heterocycles. The Balaban J connectivity index is 1.66. The van der Waals surface area contributed by atoms with Crippen molar-refractivity contribution in [2.75, 3.05) is 24.7 Å². The molecule has 3 aromatic carbocycles. The predicted molar refractivity (Wildman–Crippen MR) is 136 cm³/mol. The average Bonchev–Trinajstić information content (AvgIpc) is 3.47. The van der Waals surface area contributed by atoms with Gasteiger partial charge in [0, 0.05) is 17.7 Å². The van der Waals surface area contributed by atoms with Crippen LogP contribution in [0.1, 0.15) is 36.6 Å². The highest BCUT2D eigenvalue weighted by Gasteiger charge is 2.47. The Hall–Kier alpha value is -4.26. The van der Waals surface area contributed by atoms with Crippen LogP contribution in [0.2, 0.25) is 0 Å². The predicted octanol–water partition coefficient (Wildman–Crippen LogP) is 5.05. The molecule has 1 saturated heterocycles. The van der Waals surface area contributed by atoms with Gasteiger partial charge in [0.25, 0.3) is 11.7 Å². The van der Waals surface area contributed by atoms with Crippen LogP contribution in [0.25, 0.3) is 5.76 Å². The minimum Gasteiger partial charge on any atom is -0.507 e. The Labute approximate surface area is 209 Å². The van der Waals surface area contributed by atoms with Crippen LogP contribution in [0.5, 0.6) is 17.2 Å². The van der Waals surface area contributed by atoms with Crippen molar-refractivity contribution in [3.05, 3.63) is 89.0 Å². The second-order valence-corrected chi connectivity index (χ2v) is 8.52. The molecule has 0 bridgehead atoms. The summed E-state index contributed by atoms with van der Waals surface area (Å²) in [5.74, 6) is 0.364. The number of hydrogen-bond donors (Lipinski definition) is 1. The fraction of sp³-hybridized carbons (Fsp3) is 0.241. The second-order valence-electron chi connectivity index (χ2n) is 8.52. The monoisotopic (exact) mass is 485 g/mol. The number of ether oxygens (including phenoxy) is 3. The fourth-order valence-electron chi connectivity index (χ4n) is 4.71. The SMILES string of the molecule is CCOc1ccc(N2C(=O)C(=O)/C(=C(\O)c3ccc4c(c3)CCO4)C2c2cccc(OCC)c2)cc1. The minimum absolute atomic E-state index is 0.0291. The highest BCUT2D eigenvalue weighted by Crippen LogP contribution is 2.43. The summed E-state index contributed by atoms with van der Waals surface area (Å²) in [5.41, 5.74) is 2.62. The van der Waals surface area contributed by atoms with Crippen LogP contribution >= 0.6 is 0 Å². The van der Waals surface area contributed by atoms with Crippen molar-refractivity contribution >= 4 is 23.1 Å². The number of amides is 1. The van der Waals surface area contributed by atoms with Gasteiger partial charge in [0.05, 0.1) is 31.4 Å². The van der Waals surface area contributed by atoms with Crippen molar-refractivity contribution in [1.29, 1.82) is 0 Å². The van der Waals surface area contributed by atoms with E-state index in [4.69, 9.17) is 14.2 Å². The smallest absolute Gasteiger partial charge is 0.300 e. The van der Waals surface area contributed by atoms with Crippen molar-refractivity contribution in [3.63, 3.8) is 0 Å². The second kappa shape index (κ2) is 9.77. The molecule has 2 heterocycles. The molecule has 184 valence electrons. The van der Waals surface area contributed by atoms with E-state index in [2.05, 4.69) is 0 Å². The van der Waals surface area contributed by atoms with E-state index < -0.39 is 17.7 Å². The summed E-state index contributed by atoms with van der Waals surface area (Å²) >= 11 is 0. The molecule has 1 amide bonds. The van der Waals surface area contributed by atoms with Gasteiger partial charge in [-0.1, -0.05) is 12.1 Å². The van der Waals surface area contributed by atoms with Gasteiger partial charge in [-0.25, -0.2) is 0 Å². The summed E-state index contributed by atoms with van der Waals surface area (Å²) in [5, 5.41) is 11.4. The Morgan fingerprint density at radius 3 is 2.47 bits per heavy atom. The number of anilines is 1. The van der Waals surface area contributed by atoms with E-state index in [1.165, 1.54) is 4.90 Å². The molecule has 2 aliphatic rings. The summed E-state index contributed by atoms with van der Waals surface area (Å²) in [4.78, 5) is 28.2. The molecule has 3 aromatic rings. The first-order valence-corrected chi connectivity index (χ1v) is 12.0.